The van der Waals surface area contributed by atoms with Gasteiger partial charge in [0.05, 0.1) is 7.05 Å². The van der Waals surface area contributed by atoms with Gasteiger partial charge in [-0.1, -0.05) is 6.42 Å². The number of alkyl halides is 1. The predicted octanol–water partition coefficient (Wildman–Crippen LogP) is 0.233. The van der Waals surface area contributed by atoms with Gasteiger partial charge in [0.2, 0.25) is 0 Å². The normalized spacial score (nSPS) is 24.0. The number of hydrogen-bond donors (Lipinski definition) is 1. The zero-order valence-electron chi connectivity index (χ0n) is 8.86. The smallest absolute Gasteiger partial charge is 0.177 e. The summed E-state index contributed by atoms with van der Waals surface area (Å²) in [7, 11) is 1.68. The lowest BCUT2D eigenvalue weighted by Gasteiger charge is -2.25. The van der Waals surface area contributed by atoms with Gasteiger partial charge in [-0.15, -0.1) is 10.2 Å². The number of hydrogen-bond acceptors (Lipinski definition) is 4. The van der Waals surface area contributed by atoms with Crippen LogP contribution < -0.4 is 5.32 Å². The van der Waals surface area contributed by atoms with E-state index in [-0.39, 0.29) is 12.5 Å². The van der Waals surface area contributed by atoms with E-state index in [0.717, 1.165) is 25.8 Å². The molecule has 84 valence electrons. The van der Waals surface area contributed by atoms with E-state index < -0.39 is 6.17 Å². The summed E-state index contributed by atoms with van der Waals surface area (Å²) >= 11 is 0. The minimum Gasteiger partial charge on any atom is -0.311 e. The fraction of sp³-hybridized carbons (Fsp3) is 0.889. The molecule has 2 atom stereocenters. The molecule has 2 heterocycles. The van der Waals surface area contributed by atoms with Crippen LogP contribution in [-0.2, 0) is 13.5 Å². The SMILES string of the molecule is Cn1nnc(CC(F)C2CCCCN2)n1. The quantitative estimate of drug-likeness (QED) is 0.781. The average molecular weight is 213 g/mol. The van der Waals surface area contributed by atoms with Crippen LogP contribution in [0.15, 0.2) is 0 Å². The maximum atomic E-state index is 13.8. The van der Waals surface area contributed by atoms with Crippen LogP contribution in [0.2, 0.25) is 0 Å². The molecular formula is C9H16FN5. The third kappa shape index (κ3) is 2.71. The largest absolute Gasteiger partial charge is 0.311 e. The lowest BCUT2D eigenvalue weighted by Crippen LogP contribution is -2.42. The van der Waals surface area contributed by atoms with Gasteiger partial charge in [-0.25, -0.2) is 4.39 Å². The molecule has 5 nitrogen and oxygen atoms in total. The van der Waals surface area contributed by atoms with Gasteiger partial charge in [-0.3, -0.25) is 0 Å². The van der Waals surface area contributed by atoms with Gasteiger partial charge >= 0.3 is 0 Å². The van der Waals surface area contributed by atoms with Crippen molar-refractivity contribution in [1.29, 1.82) is 0 Å². The van der Waals surface area contributed by atoms with Crippen molar-refractivity contribution in [3.63, 3.8) is 0 Å². The van der Waals surface area contributed by atoms with Gasteiger partial charge in [-0.05, 0) is 24.6 Å². The van der Waals surface area contributed by atoms with Crippen LogP contribution >= 0.6 is 0 Å². The van der Waals surface area contributed by atoms with E-state index in [1.165, 1.54) is 4.80 Å². The third-order valence-electron chi connectivity index (χ3n) is 2.71. The van der Waals surface area contributed by atoms with Crippen LogP contribution in [-0.4, -0.2) is 39.0 Å². The van der Waals surface area contributed by atoms with Gasteiger partial charge in [0.1, 0.15) is 6.17 Å². The molecule has 1 saturated heterocycles. The molecule has 0 saturated carbocycles. The lowest BCUT2D eigenvalue weighted by molar-refractivity contribution is 0.214. The van der Waals surface area contributed by atoms with Gasteiger partial charge in [0, 0.05) is 12.5 Å². The average Bonchev–Trinajstić information content (AvgIpc) is 2.65. The lowest BCUT2D eigenvalue weighted by atomic mass is 9.99. The maximum absolute atomic E-state index is 13.8. The molecule has 1 aromatic rings. The van der Waals surface area contributed by atoms with Crippen LogP contribution in [0.1, 0.15) is 25.1 Å². The molecule has 0 amide bonds. The maximum Gasteiger partial charge on any atom is 0.177 e. The van der Waals surface area contributed by atoms with Crippen LogP contribution in [0.3, 0.4) is 0 Å². The molecule has 0 radical (unpaired) electrons. The van der Waals surface area contributed by atoms with Gasteiger partial charge in [0.15, 0.2) is 5.82 Å². The Bertz CT molecular complexity index is 307. The number of tetrazole rings is 1. The first-order chi connectivity index (χ1) is 7.25. The molecule has 2 unspecified atom stereocenters. The Kier molecular flexibility index (Phi) is 3.25. The van der Waals surface area contributed by atoms with Crippen molar-refractivity contribution in [2.45, 2.75) is 37.9 Å². The fourth-order valence-corrected chi connectivity index (χ4v) is 1.91. The first-order valence-corrected chi connectivity index (χ1v) is 5.36. The highest BCUT2D eigenvalue weighted by Crippen LogP contribution is 2.15. The van der Waals surface area contributed by atoms with Crippen LogP contribution in [0.25, 0.3) is 0 Å². The number of nitrogens with zero attached hydrogens (tertiary/aromatic N) is 4. The van der Waals surface area contributed by atoms with Crippen molar-refractivity contribution >= 4 is 0 Å². The van der Waals surface area contributed by atoms with Crippen molar-refractivity contribution < 1.29 is 4.39 Å². The molecule has 6 heteroatoms. The second kappa shape index (κ2) is 4.65. The van der Waals surface area contributed by atoms with E-state index in [1.807, 2.05) is 0 Å². The molecule has 1 aromatic heterocycles. The fourth-order valence-electron chi connectivity index (χ4n) is 1.91. The summed E-state index contributed by atoms with van der Waals surface area (Å²) in [5, 5.41) is 14.6. The summed E-state index contributed by atoms with van der Waals surface area (Å²) in [5.41, 5.74) is 0. The molecule has 0 bridgehead atoms. The van der Waals surface area contributed by atoms with E-state index in [4.69, 9.17) is 0 Å². The standard InChI is InChI=1S/C9H16FN5/c1-15-13-9(12-14-15)6-7(10)8-4-2-3-5-11-8/h7-8,11H,2-6H2,1H3. The molecule has 1 fully saturated rings. The highest BCUT2D eigenvalue weighted by molar-refractivity contribution is 4.88. The Morgan fingerprint density at radius 3 is 3.07 bits per heavy atom. The summed E-state index contributed by atoms with van der Waals surface area (Å²) in [6.07, 6.45) is 2.50. The highest BCUT2D eigenvalue weighted by Gasteiger charge is 2.24. The Labute approximate surface area is 88.0 Å². The number of aryl methyl sites for hydroxylation is 1. The molecule has 0 spiro atoms. The molecule has 1 aliphatic heterocycles. The summed E-state index contributed by atoms with van der Waals surface area (Å²) in [6, 6.07) is -0.0393. The number of piperidine rings is 1. The molecule has 1 aliphatic rings. The van der Waals surface area contributed by atoms with E-state index in [9.17, 15) is 4.39 Å². The molecule has 2 rings (SSSR count). The topological polar surface area (TPSA) is 55.6 Å². The summed E-state index contributed by atoms with van der Waals surface area (Å²) in [5.74, 6) is 0.484. The summed E-state index contributed by atoms with van der Waals surface area (Å²) in [6.45, 7) is 0.916. The number of rotatable bonds is 3. The molecule has 15 heavy (non-hydrogen) atoms. The van der Waals surface area contributed by atoms with Crippen molar-refractivity contribution in [2.75, 3.05) is 6.54 Å². The Morgan fingerprint density at radius 1 is 1.60 bits per heavy atom. The number of aromatic nitrogens is 4. The second-order valence-electron chi connectivity index (χ2n) is 3.97. The van der Waals surface area contributed by atoms with Crippen LogP contribution in [0, 0.1) is 0 Å². The zero-order valence-corrected chi connectivity index (χ0v) is 8.86. The van der Waals surface area contributed by atoms with Crippen molar-refractivity contribution in [1.82, 2.24) is 25.5 Å². The van der Waals surface area contributed by atoms with Crippen LogP contribution in [0.4, 0.5) is 4.39 Å². The Hall–Kier alpha value is -1.04. The van der Waals surface area contributed by atoms with E-state index in [0.29, 0.717) is 5.82 Å². The van der Waals surface area contributed by atoms with E-state index in [1.54, 1.807) is 7.05 Å². The first kappa shape index (κ1) is 10.5. The molecular weight excluding hydrogens is 197 g/mol. The molecule has 0 aromatic carbocycles. The van der Waals surface area contributed by atoms with Crippen molar-refractivity contribution in [3.05, 3.63) is 5.82 Å². The molecule has 1 N–H and O–H groups in total. The predicted molar refractivity (Wildman–Crippen MR) is 53.0 cm³/mol. The van der Waals surface area contributed by atoms with Gasteiger partial charge < -0.3 is 5.32 Å². The molecule has 0 aliphatic carbocycles. The minimum atomic E-state index is -0.908. The Balaban J connectivity index is 1.88. The Morgan fingerprint density at radius 2 is 2.47 bits per heavy atom. The number of halogens is 1. The zero-order chi connectivity index (χ0) is 10.7. The van der Waals surface area contributed by atoms with Crippen LogP contribution in [0.5, 0.6) is 0 Å². The monoisotopic (exact) mass is 213 g/mol. The number of nitrogens with one attached hydrogen (secondary N) is 1. The van der Waals surface area contributed by atoms with E-state index >= 15 is 0 Å². The van der Waals surface area contributed by atoms with Gasteiger partial charge in [-0.2, -0.15) is 4.80 Å². The van der Waals surface area contributed by atoms with Crippen molar-refractivity contribution in [2.24, 2.45) is 7.05 Å². The summed E-state index contributed by atoms with van der Waals surface area (Å²) in [4.78, 5) is 1.36. The minimum absolute atomic E-state index is 0.0393. The summed E-state index contributed by atoms with van der Waals surface area (Å²) < 4.78 is 13.8. The second-order valence-corrected chi connectivity index (χ2v) is 3.97. The third-order valence-corrected chi connectivity index (χ3v) is 2.71. The van der Waals surface area contributed by atoms with E-state index in [2.05, 4.69) is 20.7 Å². The first-order valence-electron chi connectivity index (χ1n) is 5.36. The van der Waals surface area contributed by atoms with Gasteiger partial charge in [0.25, 0.3) is 0 Å². The van der Waals surface area contributed by atoms with Crippen molar-refractivity contribution in [3.8, 4) is 0 Å². The highest BCUT2D eigenvalue weighted by atomic mass is 19.1.